The number of carbonyl (C=O) groups excluding carboxylic acids is 1. The van der Waals surface area contributed by atoms with Crippen molar-refractivity contribution in [2.24, 2.45) is 5.73 Å². The Morgan fingerprint density at radius 2 is 2.16 bits per heavy atom. The summed E-state index contributed by atoms with van der Waals surface area (Å²) in [5, 5.41) is 14.5. The third-order valence-electron chi connectivity index (χ3n) is 5.34. The third kappa shape index (κ3) is 4.71. The van der Waals surface area contributed by atoms with E-state index in [0.717, 1.165) is 29.1 Å². The van der Waals surface area contributed by atoms with Crippen LogP contribution in [0.5, 0.6) is 5.75 Å². The van der Waals surface area contributed by atoms with E-state index in [1.165, 1.54) is 5.56 Å². The molecule has 4 aromatic rings. The molecule has 0 saturated carbocycles. The average molecular weight is 416 g/mol. The summed E-state index contributed by atoms with van der Waals surface area (Å²) < 4.78 is 11.2. The lowest BCUT2D eigenvalue weighted by atomic mass is 10.0. The molecule has 1 atom stereocenters. The Morgan fingerprint density at radius 1 is 1.29 bits per heavy atom. The number of nitrogens with two attached hydrogens (primary N) is 1. The molecule has 7 nitrogen and oxygen atoms in total. The van der Waals surface area contributed by atoms with E-state index in [2.05, 4.69) is 23.3 Å². The zero-order valence-electron chi connectivity index (χ0n) is 17.3. The molecule has 2 heterocycles. The number of carbonyl (C=O) groups is 1. The zero-order valence-corrected chi connectivity index (χ0v) is 17.3. The lowest BCUT2D eigenvalue weighted by Crippen LogP contribution is -2.30. The highest BCUT2D eigenvalue weighted by Crippen LogP contribution is 2.24. The van der Waals surface area contributed by atoms with Crippen molar-refractivity contribution in [3.05, 3.63) is 65.5 Å². The first kappa shape index (κ1) is 20.5. The molecule has 0 aliphatic rings. The molecule has 7 heteroatoms. The summed E-state index contributed by atoms with van der Waals surface area (Å²) in [6, 6.07) is 15.3. The molecule has 0 saturated heterocycles. The number of fused-ring (bicyclic) bond motifs is 2. The highest BCUT2D eigenvalue weighted by molar-refractivity contribution is 5.95. The van der Waals surface area contributed by atoms with E-state index in [1.54, 1.807) is 12.1 Å². The number of aromatic amines is 1. The summed E-state index contributed by atoms with van der Waals surface area (Å²) in [5.41, 5.74) is 8.81. The van der Waals surface area contributed by atoms with Crippen LogP contribution < -0.4 is 15.8 Å². The van der Waals surface area contributed by atoms with Gasteiger partial charge in [0.25, 0.3) is 5.91 Å². The van der Waals surface area contributed by atoms with Gasteiger partial charge in [-0.15, -0.1) is 0 Å². The first-order valence-corrected chi connectivity index (χ1v) is 10.2. The second-order valence-corrected chi connectivity index (χ2v) is 7.60. The lowest BCUT2D eigenvalue weighted by molar-refractivity contribution is 0.0976. The molecule has 4 rings (SSSR count). The van der Waals surface area contributed by atoms with Crippen LogP contribution in [-0.2, 0) is 6.42 Å². The maximum absolute atomic E-state index is 11.2. The lowest BCUT2D eigenvalue weighted by Gasteiger charge is -2.14. The minimum atomic E-state index is -0.588. The number of aryl methyl sites for hydroxylation is 1. The number of ether oxygens (including phenoxy) is 1. The van der Waals surface area contributed by atoms with Crippen LogP contribution in [0.3, 0.4) is 0 Å². The van der Waals surface area contributed by atoms with Gasteiger partial charge in [-0.1, -0.05) is 0 Å². The minimum Gasteiger partial charge on any atom is -0.492 e. The molecule has 0 spiro atoms. The predicted molar refractivity (Wildman–Crippen MR) is 119 cm³/mol. The van der Waals surface area contributed by atoms with Gasteiger partial charge in [-0.3, -0.25) is 4.79 Å². The Labute approximate surface area is 179 Å². The highest BCUT2D eigenvalue weighted by atomic mass is 16.5. The van der Waals surface area contributed by atoms with Crippen molar-refractivity contribution in [2.45, 2.75) is 25.8 Å². The topological polar surface area (TPSA) is 117 Å². The molecule has 4 N–H and O–H groups in total. The van der Waals surface area contributed by atoms with Gasteiger partial charge in [0.15, 0.2) is 5.76 Å². The number of benzene rings is 2. The van der Waals surface area contributed by atoms with Crippen LogP contribution in [0.15, 0.2) is 53.1 Å². The van der Waals surface area contributed by atoms with Crippen LogP contribution in [0.1, 0.15) is 35.0 Å². The fraction of sp³-hybridized carbons (Fsp3) is 0.250. The molecule has 0 radical (unpaired) electrons. The molecule has 0 fully saturated rings. The van der Waals surface area contributed by atoms with E-state index in [0.29, 0.717) is 36.1 Å². The molecular weight excluding hydrogens is 392 g/mol. The van der Waals surface area contributed by atoms with Crippen LogP contribution in [0.2, 0.25) is 0 Å². The normalized spacial score (nSPS) is 12.1. The number of aromatic nitrogens is 1. The molecule has 31 heavy (non-hydrogen) atoms. The van der Waals surface area contributed by atoms with Gasteiger partial charge in [0, 0.05) is 35.1 Å². The SMILES string of the molecule is CC(CCc1c[nH]c2ccc(C#N)cc12)NCCOc1ccc2oc(C(N)=O)cc2c1. The number of nitrogens with one attached hydrogen (secondary N) is 2. The second-order valence-electron chi connectivity index (χ2n) is 7.60. The fourth-order valence-corrected chi connectivity index (χ4v) is 3.64. The van der Waals surface area contributed by atoms with Gasteiger partial charge in [-0.25, -0.2) is 0 Å². The van der Waals surface area contributed by atoms with E-state index in [4.69, 9.17) is 20.1 Å². The van der Waals surface area contributed by atoms with Crippen LogP contribution in [0.25, 0.3) is 21.9 Å². The summed E-state index contributed by atoms with van der Waals surface area (Å²) in [6.07, 6.45) is 3.92. The average Bonchev–Trinajstić information content (AvgIpc) is 3.38. The van der Waals surface area contributed by atoms with Gasteiger partial charge < -0.3 is 25.2 Å². The minimum absolute atomic E-state index is 0.140. The molecule has 1 amide bonds. The van der Waals surface area contributed by atoms with Crippen LogP contribution in [0, 0.1) is 11.3 Å². The van der Waals surface area contributed by atoms with Crippen molar-refractivity contribution < 1.29 is 13.9 Å². The molecule has 0 bridgehead atoms. The molecule has 1 unspecified atom stereocenters. The van der Waals surface area contributed by atoms with Crippen LogP contribution in [0.4, 0.5) is 0 Å². The quantitative estimate of drug-likeness (QED) is 0.358. The van der Waals surface area contributed by atoms with Gasteiger partial charge in [0.05, 0.1) is 11.6 Å². The number of nitriles is 1. The molecular formula is C24H24N4O3. The molecule has 2 aromatic carbocycles. The Balaban J connectivity index is 1.24. The van der Waals surface area contributed by atoms with Crippen molar-refractivity contribution in [3.63, 3.8) is 0 Å². The number of furan rings is 1. The maximum Gasteiger partial charge on any atom is 0.284 e. The van der Waals surface area contributed by atoms with Crippen molar-refractivity contribution in [3.8, 4) is 11.8 Å². The zero-order chi connectivity index (χ0) is 21.8. The first-order chi connectivity index (χ1) is 15.0. The molecule has 0 aliphatic carbocycles. The number of H-pyrrole nitrogens is 1. The van der Waals surface area contributed by atoms with E-state index < -0.39 is 5.91 Å². The van der Waals surface area contributed by atoms with Gasteiger partial charge in [-0.05, 0) is 67.8 Å². The standard InChI is InChI=1S/C24H24N4O3/c1-15(2-4-17-14-28-21-6-3-16(13-25)10-20(17)21)27-8-9-30-19-5-7-22-18(11-19)12-23(31-22)24(26)29/h3,5-7,10-12,14-15,27-28H,2,4,8-9H2,1H3,(H2,26,29). The van der Waals surface area contributed by atoms with Crippen molar-refractivity contribution >= 4 is 27.8 Å². The number of rotatable bonds is 9. The fourth-order valence-electron chi connectivity index (χ4n) is 3.64. The maximum atomic E-state index is 11.2. The van der Waals surface area contributed by atoms with Crippen molar-refractivity contribution in [2.75, 3.05) is 13.2 Å². The van der Waals surface area contributed by atoms with Gasteiger partial charge in [0.2, 0.25) is 0 Å². The Morgan fingerprint density at radius 3 is 2.97 bits per heavy atom. The van der Waals surface area contributed by atoms with Crippen LogP contribution in [-0.4, -0.2) is 30.1 Å². The summed E-state index contributed by atoms with van der Waals surface area (Å²) >= 11 is 0. The van der Waals surface area contributed by atoms with E-state index in [1.807, 2.05) is 36.5 Å². The molecule has 0 aliphatic heterocycles. The Kier molecular flexibility index (Phi) is 5.92. The number of nitrogens with zero attached hydrogens (tertiary/aromatic N) is 1. The Bertz CT molecular complexity index is 1270. The highest BCUT2D eigenvalue weighted by Gasteiger charge is 2.10. The number of hydrogen-bond acceptors (Lipinski definition) is 5. The molecule has 158 valence electrons. The molecule has 2 aromatic heterocycles. The predicted octanol–water partition coefficient (Wildman–Crippen LogP) is 3.87. The Hall–Kier alpha value is -3.76. The van der Waals surface area contributed by atoms with Crippen molar-refractivity contribution in [1.82, 2.24) is 10.3 Å². The van der Waals surface area contributed by atoms with E-state index in [-0.39, 0.29) is 5.76 Å². The van der Waals surface area contributed by atoms with Crippen LogP contribution >= 0.6 is 0 Å². The first-order valence-electron chi connectivity index (χ1n) is 10.2. The monoisotopic (exact) mass is 416 g/mol. The van der Waals surface area contributed by atoms with Gasteiger partial charge in [0.1, 0.15) is 17.9 Å². The summed E-state index contributed by atoms with van der Waals surface area (Å²) in [5.74, 6) is 0.266. The second kappa shape index (κ2) is 8.94. The largest absolute Gasteiger partial charge is 0.492 e. The van der Waals surface area contributed by atoms with Crippen molar-refractivity contribution in [1.29, 1.82) is 5.26 Å². The number of amides is 1. The summed E-state index contributed by atoms with van der Waals surface area (Å²) in [4.78, 5) is 14.5. The van der Waals surface area contributed by atoms with E-state index >= 15 is 0 Å². The summed E-state index contributed by atoms with van der Waals surface area (Å²) in [6.45, 7) is 3.39. The van der Waals surface area contributed by atoms with Gasteiger partial charge >= 0.3 is 0 Å². The smallest absolute Gasteiger partial charge is 0.284 e. The number of hydrogen-bond donors (Lipinski definition) is 3. The summed E-state index contributed by atoms with van der Waals surface area (Å²) in [7, 11) is 0. The van der Waals surface area contributed by atoms with E-state index in [9.17, 15) is 4.79 Å². The number of primary amides is 1. The van der Waals surface area contributed by atoms with Gasteiger partial charge in [-0.2, -0.15) is 5.26 Å². The third-order valence-corrected chi connectivity index (χ3v) is 5.34.